The first-order valence-corrected chi connectivity index (χ1v) is 12.4. The molecule has 1 saturated heterocycles. The van der Waals surface area contributed by atoms with Crippen molar-refractivity contribution in [3.05, 3.63) is 60.2 Å². The van der Waals surface area contributed by atoms with Crippen LogP contribution >= 0.6 is 11.8 Å². The lowest BCUT2D eigenvalue weighted by atomic mass is 10.1. The minimum Gasteiger partial charge on any atom is -0.352 e. The van der Waals surface area contributed by atoms with Crippen molar-refractivity contribution < 1.29 is 13.2 Å². The van der Waals surface area contributed by atoms with E-state index < -0.39 is 9.84 Å². The molecule has 8 heteroatoms. The molecule has 1 aliphatic heterocycles. The third-order valence-corrected chi connectivity index (χ3v) is 7.76. The van der Waals surface area contributed by atoms with Crippen LogP contribution in [0.5, 0.6) is 0 Å². The number of amides is 1. The molecule has 1 aromatic heterocycles. The van der Waals surface area contributed by atoms with Gasteiger partial charge in [-0.3, -0.25) is 4.79 Å². The molecule has 152 valence electrons. The Kier molecular flexibility index (Phi) is 5.91. The van der Waals surface area contributed by atoms with Gasteiger partial charge in [0.2, 0.25) is 5.91 Å². The number of imidazole rings is 1. The number of thioether (sulfide) groups is 1. The zero-order valence-electron chi connectivity index (χ0n) is 16.0. The summed E-state index contributed by atoms with van der Waals surface area (Å²) >= 11 is 1.39. The molecule has 29 heavy (non-hydrogen) atoms. The Bertz CT molecular complexity index is 1110. The molecule has 1 atom stereocenters. The van der Waals surface area contributed by atoms with Gasteiger partial charge in [0.15, 0.2) is 15.0 Å². The van der Waals surface area contributed by atoms with Crippen molar-refractivity contribution >= 4 is 38.5 Å². The number of hydrogen-bond acceptors (Lipinski definition) is 5. The van der Waals surface area contributed by atoms with Crippen LogP contribution in [0.3, 0.4) is 0 Å². The van der Waals surface area contributed by atoms with Crippen molar-refractivity contribution in [1.82, 2.24) is 14.9 Å². The van der Waals surface area contributed by atoms with E-state index in [1.165, 1.54) is 17.3 Å². The molecule has 0 radical (unpaired) electrons. The number of benzene rings is 2. The molecule has 4 rings (SSSR count). The van der Waals surface area contributed by atoms with Gasteiger partial charge in [-0.05, 0) is 30.5 Å². The van der Waals surface area contributed by atoms with Gasteiger partial charge in [0.05, 0.1) is 28.3 Å². The van der Waals surface area contributed by atoms with Crippen LogP contribution in [0.25, 0.3) is 11.0 Å². The lowest BCUT2D eigenvalue weighted by Gasteiger charge is -2.11. The second kappa shape index (κ2) is 8.59. The first-order chi connectivity index (χ1) is 14.0. The number of sulfone groups is 1. The standard InChI is InChI=1S/C21H23N3O3S2/c25-20(22-17-11-13-29(26,27)15-17)14-28-21-23-18-8-4-5-9-19(18)24(21)12-10-16-6-2-1-3-7-16/h1-9,17H,10-15H2,(H,22,25)/t17-/m0/s1. The highest BCUT2D eigenvalue weighted by atomic mass is 32.2. The Morgan fingerprint density at radius 2 is 1.90 bits per heavy atom. The van der Waals surface area contributed by atoms with Gasteiger partial charge in [0.25, 0.3) is 0 Å². The highest BCUT2D eigenvalue weighted by molar-refractivity contribution is 7.99. The van der Waals surface area contributed by atoms with Crippen molar-refractivity contribution in [3.8, 4) is 0 Å². The van der Waals surface area contributed by atoms with Gasteiger partial charge in [-0.2, -0.15) is 0 Å². The van der Waals surface area contributed by atoms with Gasteiger partial charge >= 0.3 is 0 Å². The Labute approximate surface area is 174 Å². The molecule has 1 amide bonds. The number of rotatable bonds is 7. The van der Waals surface area contributed by atoms with E-state index >= 15 is 0 Å². The predicted molar refractivity (Wildman–Crippen MR) is 116 cm³/mol. The number of aryl methyl sites for hydroxylation is 2. The Morgan fingerprint density at radius 1 is 1.14 bits per heavy atom. The quantitative estimate of drug-likeness (QED) is 0.584. The van der Waals surface area contributed by atoms with Crippen molar-refractivity contribution in [2.24, 2.45) is 0 Å². The van der Waals surface area contributed by atoms with Gasteiger partial charge in [-0.15, -0.1) is 0 Å². The monoisotopic (exact) mass is 429 g/mol. The van der Waals surface area contributed by atoms with Gasteiger partial charge in [-0.1, -0.05) is 54.2 Å². The first-order valence-electron chi connectivity index (χ1n) is 9.62. The van der Waals surface area contributed by atoms with Gasteiger partial charge in [-0.25, -0.2) is 13.4 Å². The van der Waals surface area contributed by atoms with Gasteiger partial charge in [0.1, 0.15) is 0 Å². The van der Waals surface area contributed by atoms with Crippen molar-refractivity contribution in [2.45, 2.75) is 30.6 Å². The van der Waals surface area contributed by atoms with E-state index in [9.17, 15) is 13.2 Å². The topological polar surface area (TPSA) is 81.1 Å². The van der Waals surface area contributed by atoms with Gasteiger partial charge < -0.3 is 9.88 Å². The van der Waals surface area contributed by atoms with Crippen molar-refractivity contribution in [1.29, 1.82) is 0 Å². The number of aromatic nitrogens is 2. The average molecular weight is 430 g/mol. The molecule has 6 nitrogen and oxygen atoms in total. The van der Waals surface area contributed by atoms with Crippen molar-refractivity contribution in [3.63, 3.8) is 0 Å². The SMILES string of the molecule is O=C(CSc1nc2ccccc2n1CCc1ccccc1)N[C@H]1CCS(=O)(=O)C1. The molecule has 0 unspecified atom stereocenters. The number of carbonyl (C=O) groups excluding carboxylic acids is 1. The Hall–Kier alpha value is -2.32. The molecular weight excluding hydrogens is 406 g/mol. The van der Waals surface area contributed by atoms with Crippen LogP contribution in [-0.4, -0.2) is 47.2 Å². The third kappa shape index (κ3) is 5.00. The second-order valence-corrected chi connectivity index (χ2v) is 10.4. The number of nitrogens with zero attached hydrogens (tertiary/aromatic N) is 2. The maximum Gasteiger partial charge on any atom is 0.230 e. The molecule has 3 aromatic rings. The summed E-state index contributed by atoms with van der Waals surface area (Å²) in [5.41, 5.74) is 3.21. The molecule has 0 saturated carbocycles. The van der Waals surface area contributed by atoms with Crippen LogP contribution in [0.2, 0.25) is 0 Å². The maximum absolute atomic E-state index is 12.3. The lowest BCUT2D eigenvalue weighted by molar-refractivity contribution is -0.119. The maximum atomic E-state index is 12.3. The number of fused-ring (bicyclic) bond motifs is 1. The van der Waals surface area contributed by atoms with Crippen LogP contribution in [-0.2, 0) is 27.6 Å². The molecule has 2 heterocycles. The van der Waals surface area contributed by atoms with Gasteiger partial charge in [0, 0.05) is 12.6 Å². The van der Waals surface area contributed by atoms with E-state index in [2.05, 4.69) is 22.0 Å². The molecule has 0 aliphatic carbocycles. The minimum absolute atomic E-state index is 0.0407. The predicted octanol–water partition coefficient (Wildman–Crippen LogP) is 2.67. The molecule has 1 aliphatic rings. The Balaban J connectivity index is 1.44. The summed E-state index contributed by atoms with van der Waals surface area (Å²) in [7, 11) is -3.00. The van der Waals surface area contributed by atoms with Crippen LogP contribution < -0.4 is 5.32 Å². The summed E-state index contributed by atoms with van der Waals surface area (Å²) in [4.78, 5) is 17.0. The van der Waals surface area contributed by atoms with Crippen molar-refractivity contribution in [2.75, 3.05) is 17.3 Å². The third-order valence-electron chi connectivity index (χ3n) is 5.02. The highest BCUT2D eigenvalue weighted by Crippen LogP contribution is 2.24. The number of carbonyl (C=O) groups is 1. The molecule has 0 spiro atoms. The second-order valence-electron chi connectivity index (χ2n) is 7.23. The smallest absolute Gasteiger partial charge is 0.230 e. The largest absolute Gasteiger partial charge is 0.352 e. The normalized spacial score (nSPS) is 18.1. The van der Waals surface area contributed by atoms with E-state index in [1.54, 1.807) is 0 Å². The summed E-state index contributed by atoms with van der Waals surface area (Å²) in [6, 6.07) is 18.0. The number of nitrogens with one attached hydrogen (secondary N) is 1. The summed E-state index contributed by atoms with van der Waals surface area (Å²) < 4.78 is 25.3. The van der Waals surface area contributed by atoms with Crippen LogP contribution in [0.15, 0.2) is 59.8 Å². The summed E-state index contributed by atoms with van der Waals surface area (Å²) in [5, 5.41) is 3.64. The summed E-state index contributed by atoms with van der Waals surface area (Å²) in [6.07, 6.45) is 1.37. The highest BCUT2D eigenvalue weighted by Gasteiger charge is 2.28. The molecule has 2 aromatic carbocycles. The zero-order valence-corrected chi connectivity index (χ0v) is 17.6. The fraction of sp³-hybridized carbons (Fsp3) is 0.333. The van der Waals surface area contributed by atoms with E-state index in [-0.39, 0.29) is 29.2 Å². The van der Waals surface area contributed by atoms with E-state index in [1.807, 2.05) is 42.5 Å². The summed E-state index contributed by atoms with van der Waals surface area (Å²) in [5.74, 6) is 0.253. The van der Waals surface area contributed by atoms with Crippen LogP contribution in [0, 0.1) is 0 Å². The molecule has 1 N–H and O–H groups in total. The van der Waals surface area contributed by atoms with E-state index in [0.717, 1.165) is 29.2 Å². The van der Waals surface area contributed by atoms with Crippen LogP contribution in [0.4, 0.5) is 0 Å². The fourth-order valence-electron chi connectivity index (χ4n) is 3.57. The molecular formula is C21H23N3O3S2. The molecule has 1 fully saturated rings. The summed E-state index contributed by atoms with van der Waals surface area (Å²) in [6.45, 7) is 0.773. The number of hydrogen-bond donors (Lipinski definition) is 1. The van der Waals surface area contributed by atoms with Crippen LogP contribution in [0.1, 0.15) is 12.0 Å². The lowest BCUT2D eigenvalue weighted by Crippen LogP contribution is -2.36. The fourth-order valence-corrected chi connectivity index (χ4v) is 6.10. The minimum atomic E-state index is -3.00. The van der Waals surface area contributed by atoms with E-state index in [4.69, 9.17) is 4.98 Å². The zero-order chi connectivity index (χ0) is 20.3. The average Bonchev–Trinajstić information content (AvgIpc) is 3.24. The van der Waals surface area contributed by atoms with E-state index in [0.29, 0.717) is 6.42 Å². The Morgan fingerprint density at radius 3 is 2.66 bits per heavy atom. The number of para-hydroxylation sites is 2. The first kappa shape index (κ1) is 20.0. The molecule has 0 bridgehead atoms.